The molecule has 16 nitrogen and oxygen atoms in total. The van der Waals surface area contributed by atoms with Gasteiger partial charge in [-0.3, -0.25) is 23.0 Å². The highest BCUT2D eigenvalue weighted by molar-refractivity contribution is 7.86. The second-order valence-electron chi connectivity index (χ2n) is 20.6. The molecule has 0 unspecified atom stereocenters. The van der Waals surface area contributed by atoms with Crippen LogP contribution < -0.4 is 9.80 Å². The van der Waals surface area contributed by atoms with Gasteiger partial charge in [0.2, 0.25) is 5.69 Å². The van der Waals surface area contributed by atoms with Gasteiger partial charge in [0, 0.05) is 83.6 Å². The number of hydrogen-bond acceptors (Lipinski definition) is 11. The molecule has 3 aromatic carbocycles. The minimum absolute atomic E-state index is 0.0119. The highest BCUT2D eigenvalue weighted by atomic mass is 35.5. The fourth-order valence-corrected chi connectivity index (χ4v) is 12.6. The summed E-state index contributed by atoms with van der Waals surface area (Å²) in [5.74, 6) is -1.25. The molecule has 0 saturated carbocycles. The molecule has 6 rings (SSSR count). The summed E-state index contributed by atoms with van der Waals surface area (Å²) >= 11 is 7.33. The summed E-state index contributed by atoms with van der Waals surface area (Å²) in [6.45, 7) is 13.3. The highest BCUT2D eigenvalue weighted by Gasteiger charge is 2.46. The third-order valence-electron chi connectivity index (χ3n) is 14.1. The van der Waals surface area contributed by atoms with E-state index in [-0.39, 0.29) is 55.5 Å². The van der Waals surface area contributed by atoms with Crippen molar-refractivity contribution < 1.29 is 61.3 Å². The number of carbonyl (C=O) groups excluding carboxylic acids is 1. The van der Waals surface area contributed by atoms with Crippen molar-refractivity contribution in [2.24, 2.45) is 5.92 Å². The smallest absolute Gasteiger partial charge is 0.294 e. The molecule has 21 heteroatoms. The van der Waals surface area contributed by atoms with Crippen molar-refractivity contribution in [1.82, 2.24) is 0 Å². The van der Waals surface area contributed by atoms with Crippen LogP contribution in [-0.4, -0.2) is 111 Å². The first-order valence-electron chi connectivity index (χ1n) is 24.6. The van der Waals surface area contributed by atoms with Crippen LogP contribution in [0.2, 0.25) is 0 Å². The van der Waals surface area contributed by atoms with Crippen LogP contribution >= 0.6 is 11.6 Å². The van der Waals surface area contributed by atoms with Gasteiger partial charge in [-0.1, -0.05) is 57.5 Å². The molecule has 0 radical (unpaired) electrons. The molecule has 3 aromatic rings. The van der Waals surface area contributed by atoms with Crippen molar-refractivity contribution >= 4 is 91.4 Å². The van der Waals surface area contributed by atoms with Gasteiger partial charge in [-0.05, 0) is 135 Å². The number of halogens is 1. The summed E-state index contributed by atoms with van der Waals surface area (Å²) in [5.41, 5.74) is 6.68. The molecule has 1 aliphatic carbocycles. The first-order chi connectivity index (χ1) is 33.9. The number of rotatable bonds is 24. The van der Waals surface area contributed by atoms with Gasteiger partial charge in [-0.2, -0.15) is 38.2 Å². The average molecular weight is 1110 g/mol. The standard InChI is InChI=1S/C52H68ClN3O13S4/c1-36(2)46(57)16-8-7-9-29-56-45-23-17-39-34-41(73(67,68)69)21-22-42(39)49(45)52(5,6)48(56)26-19-38-15-10-14-37(50(38)53)18-25-47-51(3,4)43-35-40(20-24-44(43)55(47)30-13-33-72(64,65)66)54(27-11-31-70(58,59)60)28-12-32-71(61,62)63/h17-26,34-36H,7-16,27-33H2,1-6H3,(H3-,58,59,60,61,62,63,64,65,66,67,68,69)/p+1. The van der Waals surface area contributed by atoms with Crippen LogP contribution in [0.25, 0.3) is 10.8 Å². The minimum Gasteiger partial charge on any atom is -0.371 e. The molecule has 0 spiro atoms. The second-order valence-corrected chi connectivity index (χ2v) is 27.1. The van der Waals surface area contributed by atoms with Gasteiger partial charge in [0.25, 0.3) is 40.5 Å². The molecule has 400 valence electrons. The number of Topliss-reactive ketones (excluding diaryl/α,β-unsaturated/α-hetero) is 1. The predicted octanol–water partition coefficient (Wildman–Crippen LogP) is 9.73. The van der Waals surface area contributed by atoms with Crippen molar-refractivity contribution in [1.29, 1.82) is 0 Å². The molecule has 2 heterocycles. The maximum Gasteiger partial charge on any atom is 0.294 e. The Bertz CT molecular complexity index is 3210. The number of fused-ring (bicyclic) bond motifs is 4. The maximum atomic E-state index is 12.4. The zero-order valence-electron chi connectivity index (χ0n) is 42.3. The third-order valence-corrected chi connectivity index (χ3v) is 17.8. The van der Waals surface area contributed by atoms with E-state index in [1.807, 2.05) is 69.0 Å². The number of hydrogen-bond donors (Lipinski definition) is 4. The Kier molecular flexibility index (Phi) is 18.2. The van der Waals surface area contributed by atoms with Crippen molar-refractivity contribution in [3.63, 3.8) is 0 Å². The fourth-order valence-electron chi connectivity index (χ4n) is 10.3. The van der Waals surface area contributed by atoms with Crippen molar-refractivity contribution in [3.05, 3.63) is 106 Å². The first-order valence-corrected chi connectivity index (χ1v) is 31.3. The summed E-state index contributed by atoms with van der Waals surface area (Å²) in [6, 6.07) is 14.1. The SMILES string of the molecule is CC(C)C(=O)CCCCC[N+]1=C(C=CC2=C(Cl)C(=CC=C3N(CCCS(=O)(=O)O)c4ccc(N(CCCS(=O)(=O)O)CCCS(=O)(=O)O)cc4C3(C)C)CCC2)C(C)(C)c2c1ccc1cc(S(=O)(=O)O)ccc21. The largest absolute Gasteiger partial charge is 0.371 e. The molecular formula is C52H69ClN3O13S4+. The maximum absolute atomic E-state index is 12.4. The topological polar surface area (TPSA) is 244 Å². The van der Waals surface area contributed by atoms with E-state index < -0.39 is 68.6 Å². The zero-order chi connectivity index (χ0) is 53.9. The van der Waals surface area contributed by atoms with Gasteiger partial charge in [0.15, 0.2) is 5.71 Å². The normalized spacial score (nSPS) is 18.3. The van der Waals surface area contributed by atoms with E-state index in [1.54, 1.807) is 17.0 Å². The second kappa shape index (κ2) is 22.9. The molecule has 0 bridgehead atoms. The van der Waals surface area contributed by atoms with Crippen LogP contribution in [0, 0.1) is 5.92 Å². The van der Waals surface area contributed by atoms with Crippen LogP contribution in [0.4, 0.5) is 17.1 Å². The van der Waals surface area contributed by atoms with Crippen LogP contribution in [-0.2, 0) is 56.1 Å². The number of unbranched alkanes of at least 4 members (excludes halogenated alkanes) is 2. The Hall–Kier alpha value is -4.25. The summed E-state index contributed by atoms with van der Waals surface area (Å²) in [4.78, 5) is 16.0. The van der Waals surface area contributed by atoms with Crippen molar-refractivity contribution in [2.45, 2.75) is 121 Å². The Morgan fingerprint density at radius 3 is 2.01 bits per heavy atom. The highest BCUT2D eigenvalue weighted by Crippen LogP contribution is 2.50. The lowest BCUT2D eigenvalue weighted by Gasteiger charge is -2.27. The Morgan fingerprint density at radius 2 is 1.40 bits per heavy atom. The van der Waals surface area contributed by atoms with E-state index in [0.717, 1.165) is 76.1 Å². The van der Waals surface area contributed by atoms with Crippen LogP contribution in [0.15, 0.2) is 99.6 Å². The molecule has 0 aromatic heterocycles. The van der Waals surface area contributed by atoms with E-state index in [9.17, 15) is 56.7 Å². The number of anilines is 2. The first kappa shape index (κ1) is 58.0. The molecule has 2 aliphatic heterocycles. The Balaban J connectivity index is 1.36. The van der Waals surface area contributed by atoms with Crippen LogP contribution in [0.3, 0.4) is 0 Å². The minimum atomic E-state index is -4.42. The average Bonchev–Trinajstić information content (AvgIpc) is 3.63. The number of allylic oxidation sites excluding steroid dienone is 8. The lowest BCUT2D eigenvalue weighted by atomic mass is 9.78. The van der Waals surface area contributed by atoms with E-state index in [0.29, 0.717) is 41.9 Å². The van der Waals surface area contributed by atoms with Crippen molar-refractivity contribution in [2.75, 3.05) is 53.2 Å². The number of ketones is 1. The monoisotopic (exact) mass is 1110 g/mol. The van der Waals surface area contributed by atoms with Crippen LogP contribution in [0.1, 0.15) is 117 Å². The molecule has 73 heavy (non-hydrogen) atoms. The predicted molar refractivity (Wildman–Crippen MR) is 289 cm³/mol. The van der Waals surface area contributed by atoms with E-state index in [4.69, 9.17) is 11.6 Å². The van der Waals surface area contributed by atoms with Gasteiger partial charge in [0.1, 0.15) is 12.3 Å². The lowest BCUT2D eigenvalue weighted by Crippen LogP contribution is -2.29. The van der Waals surface area contributed by atoms with E-state index in [1.165, 1.54) is 12.1 Å². The molecule has 0 saturated heterocycles. The molecule has 3 aliphatic rings. The summed E-state index contributed by atoms with van der Waals surface area (Å²) in [7, 11) is -17.2. The zero-order valence-corrected chi connectivity index (χ0v) is 46.4. The molecule has 0 fully saturated rings. The van der Waals surface area contributed by atoms with Gasteiger partial charge in [0.05, 0.1) is 27.6 Å². The summed E-state index contributed by atoms with van der Waals surface area (Å²) < 4.78 is 135. The van der Waals surface area contributed by atoms with Gasteiger partial charge in [-0.15, -0.1) is 0 Å². The number of benzene rings is 3. The van der Waals surface area contributed by atoms with Crippen LogP contribution in [0.5, 0.6) is 0 Å². The molecular weight excluding hydrogens is 1040 g/mol. The molecule has 0 atom stereocenters. The van der Waals surface area contributed by atoms with Crippen molar-refractivity contribution in [3.8, 4) is 0 Å². The molecule has 0 amide bonds. The quantitative estimate of drug-likeness (QED) is 0.0371. The Morgan fingerprint density at radius 1 is 0.753 bits per heavy atom. The van der Waals surface area contributed by atoms with Gasteiger partial charge in [-0.25, -0.2) is 0 Å². The van der Waals surface area contributed by atoms with E-state index in [2.05, 4.69) is 30.6 Å². The lowest BCUT2D eigenvalue weighted by molar-refractivity contribution is -0.438. The fraction of sp³-hybridized carbons (Fsp3) is 0.500. The van der Waals surface area contributed by atoms with E-state index >= 15 is 0 Å². The van der Waals surface area contributed by atoms with Gasteiger partial charge >= 0.3 is 0 Å². The Labute approximate surface area is 436 Å². The third kappa shape index (κ3) is 14.6. The summed E-state index contributed by atoms with van der Waals surface area (Å²) in [6.07, 6.45) is 13.5. The van der Waals surface area contributed by atoms with Gasteiger partial charge < -0.3 is 9.80 Å². The molecule has 4 N–H and O–H groups in total. The number of carbonyl (C=O) groups is 1. The summed E-state index contributed by atoms with van der Waals surface area (Å²) in [5, 5.41) is 2.14. The number of nitrogens with zero attached hydrogens (tertiary/aromatic N) is 3.